The van der Waals surface area contributed by atoms with E-state index < -0.39 is 0 Å². The lowest BCUT2D eigenvalue weighted by atomic mass is 10.1. The molecule has 0 saturated carbocycles. The van der Waals surface area contributed by atoms with Crippen LogP contribution in [-0.4, -0.2) is 5.78 Å². The van der Waals surface area contributed by atoms with Crippen LogP contribution >= 0.6 is 0 Å². The molecule has 1 aromatic heterocycles. The number of rotatable bonds is 6. The van der Waals surface area contributed by atoms with Gasteiger partial charge >= 0.3 is 0 Å². The minimum absolute atomic E-state index is 0.253. The van der Waals surface area contributed by atoms with Crippen LogP contribution in [0.5, 0.6) is 0 Å². The Morgan fingerprint density at radius 1 is 1.33 bits per heavy atom. The van der Waals surface area contributed by atoms with E-state index in [9.17, 15) is 4.79 Å². The van der Waals surface area contributed by atoms with Gasteiger partial charge in [-0.1, -0.05) is 20.3 Å². The van der Waals surface area contributed by atoms with Gasteiger partial charge in [0.1, 0.15) is 6.54 Å². The average molecular weight is 206 g/mol. The fourth-order valence-electron chi connectivity index (χ4n) is 1.54. The molecule has 82 valence electrons. The lowest BCUT2D eigenvalue weighted by Gasteiger charge is -1.99. The van der Waals surface area contributed by atoms with Crippen LogP contribution in [0.4, 0.5) is 0 Å². The molecule has 0 aliphatic rings. The van der Waals surface area contributed by atoms with Crippen molar-refractivity contribution in [2.45, 2.75) is 46.1 Å². The zero-order chi connectivity index (χ0) is 11.1. The second-order valence-corrected chi connectivity index (χ2v) is 3.86. The van der Waals surface area contributed by atoms with Crippen LogP contribution in [0.2, 0.25) is 0 Å². The van der Waals surface area contributed by atoms with Crippen molar-refractivity contribution in [3.63, 3.8) is 0 Å². The van der Waals surface area contributed by atoms with Crippen molar-refractivity contribution >= 4 is 5.78 Å². The first-order valence-corrected chi connectivity index (χ1v) is 5.80. The fraction of sp³-hybridized carbons (Fsp3) is 0.538. The summed E-state index contributed by atoms with van der Waals surface area (Å²) in [7, 11) is 0. The van der Waals surface area contributed by atoms with Crippen molar-refractivity contribution in [2.24, 2.45) is 0 Å². The first-order valence-electron chi connectivity index (χ1n) is 5.80. The highest BCUT2D eigenvalue weighted by atomic mass is 16.1. The van der Waals surface area contributed by atoms with Crippen LogP contribution < -0.4 is 4.57 Å². The summed E-state index contributed by atoms with van der Waals surface area (Å²) in [6, 6.07) is 3.86. The maximum absolute atomic E-state index is 11.7. The van der Waals surface area contributed by atoms with Crippen LogP contribution in [0.3, 0.4) is 0 Å². The Labute approximate surface area is 91.9 Å². The molecule has 0 bridgehead atoms. The summed E-state index contributed by atoms with van der Waals surface area (Å²) in [5.74, 6) is 0.253. The summed E-state index contributed by atoms with van der Waals surface area (Å²) in [4.78, 5) is 11.7. The Morgan fingerprint density at radius 3 is 2.80 bits per heavy atom. The lowest BCUT2D eigenvalue weighted by molar-refractivity contribution is -0.697. The van der Waals surface area contributed by atoms with E-state index in [0.29, 0.717) is 6.42 Å². The highest BCUT2D eigenvalue weighted by Crippen LogP contribution is 2.02. The molecule has 0 aliphatic carbocycles. The normalized spacial score (nSPS) is 10.3. The zero-order valence-corrected chi connectivity index (χ0v) is 9.70. The Bertz CT molecular complexity index is 320. The number of hydrogen-bond donors (Lipinski definition) is 0. The van der Waals surface area contributed by atoms with E-state index in [2.05, 4.69) is 11.5 Å². The lowest BCUT2D eigenvalue weighted by Crippen LogP contribution is -2.33. The summed E-state index contributed by atoms with van der Waals surface area (Å²) in [5.41, 5.74) is 0.843. The number of nitrogens with zero attached hydrogens (tertiary/aromatic N) is 1. The number of aromatic nitrogens is 1. The third-order valence-electron chi connectivity index (χ3n) is 2.43. The molecule has 0 amide bonds. The highest BCUT2D eigenvalue weighted by molar-refractivity contribution is 5.95. The third kappa shape index (κ3) is 3.82. The maximum Gasteiger partial charge on any atom is 0.179 e. The molecule has 0 radical (unpaired) electrons. The van der Waals surface area contributed by atoms with Gasteiger partial charge in [-0.25, -0.2) is 4.57 Å². The quantitative estimate of drug-likeness (QED) is 0.518. The summed E-state index contributed by atoms with van der Waals surface area (Å²) >= 11 is 0. The van der Waals surface area contributed by atoms with Crippen LogP contribution in [0.1, 0.15) is 49.9 Å². The first-order chi connectivity index (χ1) is 7.27. The highest BCUT2D eigenvalue weighted by Gasteiger charge is 2.08. The van der Waals surface area contributed by atoms with E-state index in [1.54, 1.807) is 0 Å². The second kappa shape index (κ2) is 6.33. The minimum Gasteiger partial charge on any atom is -0.294 e. The number of aryl methyl sites for hydroxylation is 1. The van der Waals surface area contributed by atoms with Crippen LogP contribution in [0, 0.1) is 0 Å². The standard InChI is InChI=1S/C13H20NO/c1-3-5-9-14-10-6-8-12(11-14)13(15)7-4-2/h6,8,10-11H,3-5,7,9H2,1-2H3/q+1. The van der Waals surface area contributed by atoms with Crippen molar-refractivity contribution in [3.8, 4) is 0 Å². The van der Waals surface area contributed by atoms with Gasteiger partial charge in [-0.3, -0.25) is 4.79 Å². The Hall–Kier alpha value is -1.18. The molecule has 0 fully saturated rings. The Kier molecular flexibility index (Phi) is 5.02. The van der Waals surface area contributed by atoms with Gasteiger partial charge in [0.2, 0.25) is 0 Å². The molecule has 0 unspecified atom stereocenters. The first kappa shape index (κ1) is 11.9. The molecule has 1 rings (SSSR count). The molecule has 0 aromatic carbocycles. The molecule has 0 saturated heterocycles. The molecule has 0 N–H and O–H groups in total. The van der Waals surface area contributed by atoms with Gasteiger partial charge in [-0.05, 0) is 12.5 Å². The van der Waals surface area contributed by atoms with Gasteiger partial charge in [0.15, 0.2) is 18.2 Å². The number of hydrogen-bond acceptors (Lipinski definition) is 1. The molecule has 15 heavy (non-hydrogen) atoms. The summed E-state index contributed by atoms with van der Waals surface area (Å²) < 4.78 is 2.10. The predicted octanol–water partition coefficient (Wildman–Crippen LogP) is 2.76. The van der Waals surface area contributed by atoms with E-state index in [1.807, 2.05) is 31.5 Å². The summed E-state index contributed by atoms with van der Waals surface area (Å²) in [5, 5.41) is 0. The molecule has 0 atom stereocenters. The second-order valence-electron chi connectivity index (χ2n) is 3.86. The third-order valence-corrected chi connectivity index (χ3v) is 2.43. The number of pyridine rings is 1. The van der Waals surface area contributed by atoms with Crippen molar-refractivity contribution in [3.05, 3.63) is 30.1 Å². The largest absolute Gasteiger partial charge is 0.294 e. The zero-order valence-electron chi connectivity index (χ0n) is 9.70. The molecular formula is C13H20NO+. The van der Waals surface area contributed by atoms with Gasteiger partial charge < -0.3 is 0 Å². The van der Waals surface area contributed by atoms with E-state index >= 15 is 0 Å². The van der Waals surface area contributed by atoms with Crippen molar-refractivity contribution in [1.82, 2.24) is 0 Å². The monoisotopic (exact) mass is 206 g/mol. The van der Waals surface area contributed by atoms with Gasteiger partial charge in [-0.15, -0.1) is 0 Å². The van der Waals surface area contributed by atoms with Crippen LogP contribution in [0.25, 0.3) is 0 Å². The summed E-state index contributed by atoms with van der Waals surface area (Å²) in [6.45, 7) is 5.21. The topological polar surface area (TPSA) is 20.9 Å². The molecule has 1 aromatic rings. The number of Topliss-reactive ketones (excluding diaryl/α,β-unsaturated/α-hetero) is 1. The van der Waals surface area contributed by atoms with E-state index in [0.717, 1.165) is 24.9 Å². The smallest absolute Gasteiger partial charge is 0.179 e. The number of ketones is 1. The number of carbonyl (C=O) groups excluding carboxylic acids is 1. The van der Waals surface area contributed by atoms with Gasteiger partial charge in [0.05, 0.1) is 5.56 Å². The molecule has 2 heteroatoms. The van der Waals surface area contributed by atoms with E-state index in [4.69, 9.17) is 0 Å². The maximum atomic E-state index is 11.7. The number of carbonyl (C=O) groups is 1. The SMILES string of the molecule is CCCC[n+]1cccc(C(=O)CCC)c1. The Balaban J connectivity index is 2.69. The van der Waals surface area contributed by atoms with Gasteiger partial charge in [0, 0.05) is 18.9 Å². The van der Waals surface area contributed by atoms with Crippen LogP contribution in [0.15, 0.2) is 24.5 Å². The minimum atomic E-state index is 0.253. The Morgan fingerprint density at radius 2 is 2.13 bits per heavy atom. The van der Waals surface area contributed by atoms with E-state index in [1.165, 1.54) is 6.42 Å². The molecule has 1 heterocycles. The van der Waals surface area contributed by atoms with Crippen molar-refractivity contribution < 1.29 is 9.36 Å². The van der Waals surface area contributed by atoms with Crippen LogP contribution in [-0.2, 0) is 6.54 Å². The van der Waals surface area contributed by atoms with E-state index in [-0.39, 0.29) is 5.78 Å². The summed E-state index contributed by atoms with van der Waals surface area (Å²) in [6.07, 6.45) is 7.91. The van der Waals surface area contributed by atoms with Gasteiger partial charge in [-0.2, -0.15) is 0 Å². The number of unbranched alkanes of at least 4 members (excludes halogenated alkanes) is 1. The molecule has 2 nitrogen and oxygen atoms in total. The van der Waals surface area contributed by atoms with Crippen molar-refractivity contribution in [2.75, 3.05) is 0 Å². The average Bonchev–Trinajstić information content (AvgIpc) is 2.27. The molecule has 0 spiro atoms. The molecule has 0 aliphatic heterocycles. The predicted molar refractivity (Wildman–Crippen MR) is 60.8 cm³/mol. The van der Waals surface area contributed by atoms with Crippen molar-refractivity contribution in [1.29, 1.82) is 0 Å². The molecular weight excluding hydrogens is 186 g/mol. The fourth-order valence-corrected chi connectivity index (χ4v) is 1.54. The van der Waals surface area contributed by atoms with Gasteiger partial charge in [0.25, 0.3) is 0 Å².